The van der Waals surface area contributed by atoms with Crippen LogP contribution in [0.5, 0.6) is 11.5 Å². The average molecular weight is 207 g/mol. The SMILES string of the molecule is COc1c(C)ccc(C2(CN)CC2)c1O. The van der Waals surface area contributed by atoms with E-state index in [1.807, 2.05) is 19.1 Å². The fourth-order valence-corrected chi connectivity index (χ4v) is 2.09. The van der Waals surface area contributed by atoms with Crippen molar-refractivity contribution in [1.29, 1.82) is 0 Å². The number of ether oxygens (including phenoxy) is 1. The summed E-state index contributed by atoms with van der Waals surface area (Å²) >= 11 is 0. The number of benzene rings is 1. The first-order valence-corrected chi connectivity index (χ1v) is 5.22. The van der Waals surface area contributed by atoms with Gasteiger partial charge in [-0.05, 0) is 25.3 Å². The normalized spacial score (nSPS) is 17.5. The van der Waals surface area contributed by atoms with Gasteiger partial charge in [-0.15, -0.1) is 0 Å². The fourth-order valence-electron chi connectivity index (χ4n) is 2.09. The number of nitrogens with two attached hydrogens (primary N) is 1. The molecule has 0 spiro atoms. The molecule has 0 amide bonds. The van der Waals surface area contributed by atoms with Crippen molar-refractivity contribution in [3.63, 3.8) is 0 Å². The molecule has 82 valence electrons. The molecule has 0 heterocycles. The van der Waals surface area contributed by atoms with Crippen LogP contribution in [0.4, 0.5) is 0 Å². The van der Waals surface area contributed by atoms with Gasteiger partial charge in [0.05, 0.1) is 7.11 Å². The van der Waals surface area contributed by atoms with Crippen LogP contribution in [0.1, 0.15) is 24.0 Å². The molecule has 15 heavy (non-hydrogen) atoms. The van der Waals surface area contributed by atoms with E-state index in [1.54, 1.807) is 7.11 Å². The minimum absolute atomic E-state index is 0.00502. The molecule has 0 unspecified atom stereocenters. The lowest BCUT2D eigenvalue weighted by Gasteiger charge is -2.17. The van der Waals surface area contributed by atoms with Crippen LogP contribution in [0.15, 0.2) is 12.1 Å². The zero-order valence-corrected chi connectivity index (χ0v) is 9.21. The Morgan fingerprint density at radius 3 is 2.60 bits per heavy atom. The molecule has 0 aliphatic heterocycles. The van der Waals surface area contributed by atoms with Crippen LogP contribution in [-0.4, -0.2) is 18.8 Å². The van der Waals surface area contributed by atoms with Crippen molar-refractivity contribution in [3.8, 4) is 11.5 Å². The fraction of sp³-hybridized carbons (Fsp3) is 0.500. The van der Waals surface area contributed by atoms with E-state index in [0.29, 0.717) is 12.3 Å². The lowest BCUT2D eigenvalue weighted by atomic mass is 9.93. The predicted molar refractivity (Wildman–Crippen MR) is 59.4 cm³/mol. The van der Waals surface area contributed by atoms with E-state index in [9.17, 15) is 5.11 Å². The van der Waals surface area contributed by atoms with Crippen molar-refractivity contribution >= 4 is 0 Å². The second kappa shape index (κ2) is 3.42. The van der Waals surface area contributed by atoms with Crippen LogP contribution in [-0.2, 0) is 5.41 Å². The van der Waals surface area contributed by atoms with E-state index in [0.717, 1.165) is 24.0 Å². The van der Waals surface area contributed by atoms with Crippen molar-refractivity contribution in [1.82, 2.24) is 0 Å². The third-order valence-electron chi connectivity index (χ3n) is 3.35. The number of phenols is 1. The van der Waals surface area contributed by atoms with Gasteiger partial charge in [0, 0.05) is 17.5 Å². The molecule has 0 atom stereocenters. The predicted octanol–water partition coefficient (Wildman–Crippen LogP) is 1.70. The third-order valence-corrected chi connectivity index (χ3v) is 3.35. The molecule has 1 aliphatic carbocycles. The van der Waals surface area contributed by atoms with Gasteiger partial charge in [-0.2, -0.15) is 0 Å². The summed E-state index contributed by atoms with van der Waals surface area (Å²) in [6, 6.07) is 3.94. The molecule has 3 N–H and O–H groups in total. The zero-order chi connectivity index (χ0) is 11.1. The quantitative estimate of drug-likeness (QED) is 0.793. The van der Waals surface area contributed by atoms with Crippen LogP contribution in [0, 0.1) is 6.92 Å². The number of phenolic OH excluding ortho intramolecular Hbond substituents is 1. The van der Waals surface area contributed by atoms with Crippen molar-refractivity contribution in [3.05, 3.63) is 23.3 Å². The summed E-state index contributed by atoms with van der Waals surface area (Å²) in [5, 5.41) is 10.1. The van der Waals surface area contributed by atoms with Crippen molar-refractivity contribution in [2.45, 2.75) is 25.2 Å². The summed E-state index contributed by atoms with van der Waals surface area (Å²) < 4.78 is 5.19. The summed E-state index contributed by atoms with van der Waals surface area (Å²) in [4.78, 5) is 0. The number of rotatable bonds is 3. The van der Waals surface area contributed by atoms with Crippen molar-refractivity contribution < 1.29 is 9.84 Å². The standard InChI is InChI=1S/C12H17NO2/c1-8-3-4-9(10(14)11(8)15-2)12(7-13)5-6-12/h3-4,14H,5-7,13H2,1-2H3. The summed E-state index contributed by atoms with van der Waals surface area (Å²) in [7, 11) is 1.58. The van der Waals surface area contributed by atoms with Gasteiger partial charge in [0.1, 0.15) is 0 Å². The van der Waals surface area contributed by atoms with Crippen LogP contribution in [0.25, 0.3) is 0 Å². The first-order chi connectivity index (χ1) is 7.14. The van der Waals surface area contributed by atoms with E-state index >= 15 is 0 Å². The molecular formula is C12H17NO2. The van der Waals surface area contributed by atoms with Gasteiger partial charge < -0.3 is 15.6 Å². The smallest absolute Gasteiger partial charge is 0.163 e. The van der Waals surface area contributed by atoms with E-state index in [2.05, 4.69) is 0 Å². The van der Waals surface area contributed by atoms with E-state index in [-0.39, 0.29) is 11.2 Å². The zero-order valence-electron chi connectivity index (χ0n) is 9.21. The summed E-state index contributed by atoms with van der Waals surface area (Å²) in [5.41, 5.74) is 7.64. The van der Waals surface area contributed by atoms with Crippen molar-refractivity contribution in [2.75, 3.05) is 13.7 Å². The largest absolute Gasteiger partial charge is 0.504 e. The minimum atomic E-state index is 0.00502. The minimum Gasteiger partial charge on any atom is -0.504 e. The van der Waals surface area contributed by atoms with Gasteiger partial charge in [-0.3, -0.25) is 0 Å². The number of aromatic hydroxyl groups is 1. The molecule has 0 aromatic heterocycles. The Labute approximate surface area is 89.9 Å². The van der Waals surface area contributed by atoms with Crippen LogP contribution in [0.3, 0.4) is 0 Å². The van der Waals surface area contributed by atoms with Gasteiger partial charge in [0.15, 0.2) is 11.5 Å². The highest BCUT2D eigenvalue weighted by molar-refractivity contribution is 5.55. The molecule has 2 rings (SSSR count). The lowest BCUT2D eigenvalue weighted by Crippen LogP contribution is -2.20. The summed E-state index contributed by atoms with van der Waals surface area (Å²) in [5.74, 6) is 0.840. The Balaban J connectivity index is 2.50. The highest BCUT2D eigenvalue weighted by Gasteiger charge is 2.45. The highest BCUT2D eigenvalue weighted by Crippen LogP contribution is 2.52. The molecule has 1 aromatic rings. The van der Waals surface area contributed by atoms with Gasteiger partial charge in [0.2, 0.25) is 0 Å². The molecule has 3 heteroatoms. The topological polar surface area (TPSA) is 55.5 Å². The van der Waals surface area contributed by atoms with Gasteiger partial charge in [0.25, 0.3) is 0 Å². The first kappa shape index (κ1) is 10.3. The van der Waals surface area contributed by atoms with Crippen LogP contribution in [0.2, 0.25) is 0 Å². The van der Waals surface area contributed by atoms with Crippen molar-refractivity contribution in [2.24, 2.45) is 5.73 Å². The molecule has 0 bridgehead atoms. The molecule has 0 radical (unpaired) electrons. The van der Waals surface area contributed by atoms with Gasteiger partial charge >= 0.3 is 0 Å². The highest BCUT2D eigenvalue weighted by atomic mass is 16.5. The lowest BCUT2D eigenvalue weighted by molar-refractivity contribution is 0.365. The van der Waals surface area contributed by atoms with Gasteiger partial charge in [-0.1, -0.05) is 12.1 Å². The number of hydrogen-bond donors (Lipinski definition) is 2. The third kappa shape index (κ3) is 1.47. The molecule has 1 aromatic carbocycles. The second-order valence-electron chi connectivity index (χ2n) is 4.30. The molecule has 1 saturated carbocycles. The average Bonchev–Trinajstić information content (AvgIpc) is 2.99. The Hall–Kier alpha value is -1.22. The van der Waals surface area contributed by atoms with Crippen LogP contribution >= 0.6 is 0 Å². The number of aryl methyl sites for hydroxylation is 1. The second-order valence-corrected chi connectivity index (χ2v) is 4.30. The maximum atomic E-state index is 10.1. The molecule has 0 saturated heterocycles. The maximum absolute atomic E-state index is 10.1. The number of hydrogen-bond acceptors (Lipinski definition) is 3. The summed E-state index contributed by atoms with van der Waals surface area (Å²) in [6.45, 7) is 2.51. The van der Waals surface area contributed by atoms with Gasteiger partial charge in [-0.25, -0.2) is 0 Å². The van der Waals surface area contributed by atoms with E-state index in [1.165, 1.54) is 0 Å². The molecule has 1 aliphatic rings. The first-order valence-electron chi connectivity index (χ1n) is 5.22. The summed E-state index contributed by atoms with van der Waals surface area (Å²) in [6.07, 6.45) is 2.12. The molecular weight excluding hydrogens is 190 g/mol. The maximum Gasteiger partial charge on any atom is 0.163 e. The Kier molecular flexibility index (Phi) is 2.35. The van der Waals surface area contributed by atoms with E-state index in [4.69, 9.17) is 10.5 Å². The van der Waals surface area contributed by atoms with Crippen LogP contribution < -0.4 is 10.5 Å². The van der Waals surface area contributed by atoms with E-state index < -0.39 is 0 Å². The Bertz CT molecular complexity index is 383. The molecule has 1 fully saturated rings. The monoisotopic (exact) mass is 207 g/mol. The Morgan fingerprint density at radius 2 is 2.13 bits per heavy atom. The number of methoxy groups -OCH3 is 1. The molecule has 3 nitrogen and oxygen atoms in total. The Morgan fingerprint density at radius 1 is 1.47 bits per heavy atom.